The average Bonchev–Trinajstić information content (AvgIpc) is 2.72. The van der Waals surface area contributed by atoms with Gasteiger partial charge in [-0.25, -0.2) is 0 Å². The highest BCUT2D eigenvalue weighted by Crippen LogP contribution is 2.33. The number of ether oxygens (including phenoxy) is 1. The summed E-state index contributed by atoms with van der Waals surface area (Å²) in [6, 6.07) is 3.91. The molecule has 0 N–H and O–H groups in total. The summed E-state index contributed by atoms with van der Waals surface area (Å²) in [7, 11) is 1.63. The molecule has 1 aliphatic rings. The molecule has 13 heavy (non-hydrogen) atoms. The Morgan fingerprint density at radius 1 is 1.46 bits per heavy atom. The van der Waals surface area contributed by atoms with Crippen molar-refractivity contribution in [2.24, 2.45) is 0 Å². The zero-order chi connectivity index (χ0) is 9.26. The van der Waals surface area contributed by atoms with Crippen molar-refractivity contribution in [2.75, 3.05) is 7.11 Å². The molecule has 0 atom stereocenters. The molecule has 0 saturated carbocycles. The summed E-state index contributed by atoms with van der Waals surface area (Å²) in [4.78, 5) is 12.5. The van der Waals surface area contributed by atoms with Gasteiger partial charge in [-0.1, -0.05) is 6.07 Å². The topological polar surface area (TPSA) is 26.3 Å². The lowest BCUT2D eigenvalue weighted by molar-refractivity contribution is -0.113. The number of thiophene rings is 1. The van der Waals surface area contributed by atoms with Crippen molar-refractivity contribution in [3.63, 3.8) is 0 Å². The van der Waals surface area contributed by atoms with Crippen LogP contribution in [-0.2, 0) is 9.53 Å². The van der Waals surface area contributed by atoms with Crippen LogP contribution in [0.1, 0.15) is 17.7 Å². The van der Waals surface area contributed by atoms with Crippen molar-refractivity contribution >= 4 is 22.7 Å². The van der Waals surface area contributed by atoms with Gasteiger partial charge < -0.3 is 4.74 Å². The van der Waals surface area contributed by atoms with Crippen molar-refractivity contribution < 1.29 is 9.53 Å². The molecule has 0 amide bonds. The maximum absolute atomic E-state index is 11.5. The summed E-state index contributed by atoms with van der Waals surface area (Å²) in [5.74, 6) is 1.05. The summed E-state index contributed by atoms with van der Waals surface area (Å²) in [6.45, 7) is 0. The summed E-state index contributed by atoms with van der Waals surface area (Å²) < 4.78 is 5.18. The van der Waals surface area contributed by atoms with Crippen LogP contribution >= 0.6 is 11.3 Å². The van der Waals surface area contributed by atoms with Crippen molar-refractivity contribution in [1.82, 2.24) is 0 Å². The Hall–Kier alpha value is -1.09. The Morgan fingerprint density at radius 2 is 2.31 bits per heavy atom. The lowest BCUT2D eigenvalue weighted by Crippen LogP contribution is -1.93. The van der Waals surface area contributed by atoms with Crippen LogP contribution in [0.25, 0.3) is 5.57 Å². The molecule has 0 bridgehead atoms. The van der Waals surface area contributed by atoms with E-state index >= 15 is 0 Å². The van der Waals surface area contributed by atoms with Gasteiger partial charge in [0.25, 0.3) is 0 Å². The molecule has 0 unspecified atom stereocenters. The number of carbonyl (C=O) groups excluding carboxylic acids is 1. The number of methoxy groups -OCH3 is 1. The lowest BCUT2D eigenvalue weighted by Gasteiger charge is -2.01. The van der Waals surface area contributed by atoms with Crippen LogP contribution in [0.4, 0.5) is 0 Å². The molecule has 1 aromatic rings. The number of carbonyl (C=O) groups is 1. The molecular weight excluding hydrogens is 184 g/mol. The van der Waals surface area contributed by atoms with E-state index in [-0.39, 0.29) is 5.78 Å². The first kappa shape index (κ1) is 8.51. The minimum atomic E-state index is 0.208. The average molecular weight is 194 g/mol. The van der Waals surface area contributed by atoms with E-state index in [1.165, 1.54) is 0 Å². The Balaban J connectivity index is 2.45. The van der Waals surface area contributed by atoms with Gasteiger partial charge >= 0.3 is 0 Å². The van der Waals surface area contributed by atoms with Crippen molar-refractivity contribution in [3.05, 3.63) is 28.1 Å². The lowest BCUT2D eigenvalue weighted by atomic mass is 10.2. The van der Waals surface area contributed by atoms with Gasteiger partial charge in [-0.05, 0) is 11.4 Å². The van der Waals surface area contributed by atoms with Crippen molar-refractivity contribution in [3.8, 4) is 0 Å². The molecule has 2 rings (SSSR count). The Morgan fingerprint density at radius 3 is 2.92 bits per heavy atom. The fourth-order valence-corrected chi connectivity index (χ4v) is 2.34. The first-order chi connectivity index (χ1) is 6.33. The molecule has 1 heterocycles. The van der Waals surface area contributed by atoms with E-state index in [1.54, 1.807) is 18.4 Å². The minimum Gasteiger partial charge on any atom is -0.500 e. The van der Waals surface area contributed by atoms with Crippen LogP contribution in [-0.4, -0.2) is 12.9 Å². The molecule has 0 radical (unpaired) electrons. The molecule has 1 aliphatic carbocycles. The largest absolute Gasteiger partial charge is 0.500 e. The summed E-state index contributed by atoms with van der Waals surface area (Å²) in [5, 5.41) is 1.97. The Bertz CT molecular complexity index is 349. The van der Waals surface area contributed by atoms with Gasteiger partial charge in [0.1, 0.15) is 5.76 Å². The maximum Gasteiger partial charge on any atom is 0.168 e. The summed E-state index contributed by atoms with van der Waals surface area (Å²) in [6.07, 6.45) is 1.35. The van der Waals surface area contributed by atoms with Crippen LogP contribution in [0.2, 0.25) is 0 Å². The molecule has 2 nitrogen and oxygen atoms in total. The predicted molar refractivity (Wildman–Crippen MR) is 52.5 cm³/mol. The first-order valence-electron chi connectivity index (χ1n) is 4.17. The fraction of sp³-hybridized carbons (Fsp3) is 0.300. The van der Waals surface area contributed by atoms with Crippen molar-refractivity contribution in [2.45, 2.75) is 12.8 Å². The van der Waals surface area contributed by atoms with Crippen LogP contribution in [0.15, 0.2) is 23.3 Å². The Kier molecular flexibility index (Phi) is 2.19. The number of allylic oxidation sites excluding steroid dienone is 2. The third kappa shape index (κ3) is 1.40. The molecular formula is C10H10O2S. The molecule has 0 fully saturated rings. The normalized spacial score (nSPS) is 16.8. The second-order valence-electron chi connectivity index (χ2n) is 2.90. The number of hydrogen-bond donors (Lipinski definition) is 0. The molecule has 0 aliphatic heterocycles. The first-order valence-corrected chi connectivity index (χ1v) is 5.05. The number of hydrogen-bond acceptors (Lipinski definition) is 3. The third-order valence-corrected chi connectivity index (χ3v) is 3.04. The molecule has 68 valence electrons. The smallest absolute Gasteiger partial charge is 0.168 e. The van der Waals surface area contributed by atoms with E-state index in [9.17, 15) is 4.79 Å². The van der Waals surface area contributed by atoms with Gasteiger partial charge in [-0.3, -0.25) is 4.79 Å². The quantitative estimate of drug-likeness (QED) is 0.723. The predicted octanol–water partition coefficient (Wildman–Crippen LogP) is 2.47. The van der Waals surface area contributed by atoms with E-state index in [0.717, 1.165) is 22.6 Å². The molecule has 1 aromatic heterocycles. The number of ketones is 1. The zero-order valence-corrected chi connectivity index (χ0v) is 8.19. The minimum absolute atomic E-state index is 0.208. The van der Waals surface area contributed by atoms with Gasteiger partial charge in [0.2, 0.25) is 0 Å². The highest BCUT2D eigenvalue weighted by atomic mass is 32.1. The van der Waals surface area contributed by atoms with E-state index in [0.29, 0.717) is 6.42 Å². The van der Waals surface area contributed by atoms with Gasteiger partial charge in [0, 0.05) is 17.7 Å². The van der Waals surface area contributed by atoms with Crippen molar-refractivity contribution in [1.29, 1.82) is 0 Å². The van der Waals surface area contributed by atoms with Gasteiger partial charge in [-0.2, -0.15) is 0 Å². The highest BCUT2D eigenvalue weighted by molar-refractivity contribution is 7.11. The number of Topliss-reactive ketones (excluding diaryl/α,β-unsaturated/α-hetero) is 1. The fourth-order valence-electron chi connectivity index (χ4n) is 1.53. The van der Waals surface area contributed by atoms with Crippen LogP contribution in [0.3, 0.4) is 0 Å². The third-order valence-electron chi connectivity index (χ3n) is 2.15. The van der Waals surface area contributed by atoms with Gasteiger partial charge in [0.05, 0.1) is 12.7 Å². The maximum atomic E-state index is 11.5. The second-order valence-corrected chi connectivity index (χ2v) is 3.85. The van der Waals surface area contributed by atoms with Crippen LogP contribution in [0.5, 0.6) is 0 Å². The molecule has 0 saturated heterocycles. The van der Waals surface area contributed by atoms with E-state index < -0.39 is 0 Å². The SMILES string of the molecule is COC1=C(c2cccs2)C(=O)CC1. The van der Waals surface area contributed by atoms with E-state index in [4.69, 9.17) is 4.74 Å². The molecule has 3 heteroatoms. The zero-order valence-electron chi connectivity index (χ0n) is 7.37. The van der Waals surface area contributed by atoms with E-state index in [2.05, 4.69) is 0 Å². The van der Waals surface area contributed by atoms with E-state index in [1.807, 2.05) is 17.5 Å². The Labute approximate surface area is 80.8 Å². The second kappa shape index (κ2) is 3.34. The standard InChI is InChI=1S/C10H10O2S/c1-12-8-5-4-7(11)10(8)9-3-2-6-13-9/h2-3,6H,4-5H2,1H3. The molecule has 0 aromatic carbocycles. The highest BCUT2D eigenvalue weighted by Gasteiger charge is 2.25. The summed E-state index contributed by atoms with van der Waals surface area (Å²) >= 11 is 1.58. The van der Waals surface area contributed by atoms with Crippen LogP contribution < -0.4 is 0 Å². The number of rotatable bonds is 2. The molecule has 0 spiro atoms. The monoisotopic (exact) mass is 194 g/mol. The summed E-state index contributed by atoms with van der Waals surface area (Å²) in [5.41, 5.74) is 0.789. The van der Waals surface area contributed by atoms with Gasteiger partial charge in [0.15, 0.2) is 5.78 Å². The van der Waals surface area contributed by atoms with Gasteiger partial charge in [-0.15, -0.1) is 11.3 Å². The van der Waals surface area contributed by atoms with Crippen LogP contribution in [0, 0.1) is 0 Å².